The Bertz CT molecular complexity index is 1490. The molecule has 1 aliphatic carbocycles. The van der Waals surface area contributed by atoms with Crippen LogP contribution in [0.5, 0.6) is 0 Å². The van der Waals surface area contributed by atoms with Crippen LogP contribution in [0.25, 0.3) is 32.9 Å². The van der Waals surface area contributed by atoms with Gasteiger partial charge in [0.05, 0.1) is 29.1 Å². The number of nitrogens with one attached hydrogen (secondary N) is 1. The normalized spacial score (nSPS) is 14.7. The number of hydrogen-bond acceptors (Lipinski definition) is 3. The van der Waals surface area contributed by atoms with E-state index in [-0.39, 0.29) is 11.8 Å². The Labute approximate surface area is 178 Å². The second-order valence-electron chi connectivity index (χ2n) is 8.20. The van der Waals surface area contributed by atoms with Crippen molar-refractivity contribution in [2.24, 2.45) is 0 Å². The molecule has 1 N–H and O–H groups in total. The predicted molar refractivity (Wildman–Crippen MR) is 119 cm³/mol. The zero-order valence-corrected chi connectivity index (χ0v) is 16.9. The number of aromatic nitrogens is 1. The van der Waals surface area contributed by atoms with Gasteiger partial charge in [0.15, 0.2) is 0 Å². The molecule has 1 aromatic heterocycles. The highest BCUT2D eigenvalue weighted by Crippen LogP contribution is 2.46. The molecule has 5 nitrogen and oxygen atoms in total. The van der Waals surface area contributed by atoms with Crippen molar-refractivity contribution in [3.63, 3.8) is 0 Å². The van der Waals surface area contributed by atoms with Gasteiger partial charge >= 0.3 is 0 Å². The molecule has 2 amide bonds. The first-order valence-electron chi connectivity index (χ1n) is 10.6. The van der Waals surface area contributed by atoms with E-state index in [1.165, 1.54) is 5.56 Å². The third-order valence-corrected chi connectivity index (χ3v) is 6.60. The van der Waals surface area contributed by atoms with Gasteiger partial charge in [-0.25, -0.2) is 0 Å². The van der Waals surface area contributed by atoms with E-state index in [4.69, 9.17) is 0 Å². The molecule has 150 valence electrons. The number of aryl methyl sites for hydroxylation is 2. The highest BCUT2D eigenvalue weighted by Gasteiger charge is 2.37. The molecule has 0 saturated heterocycles. The van der Waals surface area contributed by atoms with Crippen LogP contribution < -0.4 is 5.32 Å². The van der Waals surface area contributed by atoms with Gasteiger partial charge < -0.3 is 4.57 Å². The Kier molecular flexibility index (Phi) is 3.78. The van der Waals surface area contributed by atoms with Gasteiger partial charge in [-0.05, 0) is 42.0 Å². The zero-order valence-electron chi connectivity index (χ0n) is 16.9. The minimum Gasteiger partial charge on any atom is -0.339 e. The van der Waals surface area contributed by atoms with Crippen molar-refractivity contribution in [1.29, 1.82) is 5.26 Å². The van der Waals surface area contributed by atoms with Crippen molar-refractivity contribution >= 4 is 33.6 Å². The van der Waals surface area contributed by atoms with Gasteiger partial charge in [-0.2, -0.15) is 5.26 Å². The van der Waals surface area contributed by atoms with E-state index in [0.717, 1.165) is 57.8 Å². The number of fused-ring (bicyclic) bond motifs is 10. The lowest BCUT2D eigenvalue weighted by Crippen LogP contribution is -2.20. The minimum atomic E-state index is -0.325. The Hall–Kier alpha value is -3.91. The van der Waals surface area contributed by atoms with Crippen LogP contribution in [0.3, 0.4) is 0 Å². The highest BCUT2D eigenvalue weighted by atomic mass is 16.2. The minimum absolute atomic E-state index is 0.300. The number of amides is 2. The van der Waals surface area contributed by atoms with Gasteiger partial charge in [0.25, 0.3) is 11.8 Å². The van der Waals surface area contributed by atoms with Gasteiger partial charge in [0.2, 0.25) is 0 Å². The van der Waals surface area contributed by atoms with Crippen molar-refractivity contribution in [2.75, 3.05) is 0 Å². The summed E-state index contributed by atoms with van der Waals surface area (Å²) in [5.41, 5.74) is 7.34. The second kappa shape index (κ2) is 6.55. The first-order valence-corrected chi connectivity index (χ1v) is 10.6. The second-order valence-corrected chi connectivity index (χ2v) is 8.20. The molecule has 0 saturated carbocycles. The number of carbonyl (C=O) groups excluding carboxylic acids is 2. The fourth-order valence-electron chi connectivity index (χ4n) is 5.44. The van der Waals surface area contributed by atoms with Crippen LogP contribution in [0.15, 0.2) is 48.5 Å². The molecule has 0 radical (unpaired) electrons. The first-order chi connectivity index (χ1) is 15.2. The third kappa shape index (κ3) is 2.36. The Morgan fingerprint density at radius 2 is 1.71 bits per heavy atom. The number of carbonyl (C=O) groups is 2. The van der Waals surface area contributed by atoms with E-state index >= 15 is 0 Å². The fraction of sp³-hybridized carbons (Fsp3) is 0.192. The van der Waals surface area contributed by atoms with Crippen molar-refractivity contribution < 1.29 is 9.59 Å². The molecular formula is C26H19N3O2. The summed E-state index contributed by atoms with van der Waals surface area (Å²) in [4.78, 5) is 25.9. The molecule has 0 bridgehead atoms. The van der Waals surface area contributed by atoms with Crippen LogP contribution in [-0.4, -0.2) is 16.4 Å². The van der Waals surface area contributed by atoms with Crippen LogP contribution in [-0.2, 0) is 19.4 Å². The van der Waals surface area contributed by atoms with Crippen molar-refractivity contribution in [2.45, 2.75) is 32.2 Å². The fourth-order valence-corrected chi connectivity index (χ4v) is 5.44. The molecule has 2 heterocycles. The van der Waals surface area contributed by atoms with Gasteiger partial charge in [0, 0.05) is 28.4 Å². The lowest BCUT2D eigenvalue weighted by atomic mass is 9.87. The molecule has 0 spiro atoms. The topological polar surface area (TPSA) is 74.9 Å². The molecule has 3 aromatic carbocycles. The van der Waals surface area contributed by atoms with E-state index in [1.807, 2.05) is 30.3 Å². The summed E-state index contributed by atoms with van der Waals surface area (Å²) in [5.74, 6) is -0.625. The summed E-state index contributed by atoms with van der Waals surface area (Å²) < 4.78 is 2.17. The Balaban J connectivity index is 1.91. The van der Waals surface area contributed by atoms with E-state index in [1.54, 1.807) is 0 Å². The monoisotopic (exact) mass is 405 g/mol. The maximum absolute atomic E-state index is 13.0. The maximum Gasteiger partial charge on any atom is 0.259 e. The first kappa shape index (κ1) is 17.9. The van der Waals surface area contributed by atoms with Crippen LogP contribution in [0.2, 0.25) is 0 Å². The predicted octanol–water partition coefficient (Wildman–Crippen LogP) is 4.75. The maximum atomic E-state index is 13.0. The summed E-state index contributed by atoms with van der Waals surface area (Å²) in [6.45, 7) is 0.531. The molecule has 6 rings (SSSR count). The average Bonchev–Trinajstić information content (AvgIpc) is 3.17. The molecule has 0 unspecified atom stereocenters. The van der Waals surface area contributed by atoms with E-state index in [0.29, 0.717) is 24.1 Å². The Morgan fingerprint density at radius 3 is 2.58 bits per heavy atom. The smallest absolute Gasteiger partial charge is 0.259 e. The lowest BCUT2D eigenvalue weighted by Gasteiger charge is -2.17. The molecule has 0 fully saturated rings. The van der Waals surface area contributed by atoms with E-state index in [9.17, 15) is 14.9 Å². The van der Waals surface area contributed by atoms with Gasteiger partial charge in [0.1, 0.15) is 0 Å². The van der Waals surface area contributed by atoms with Gasteiger partial charge in [-0.15, -0.1) is 0 Å². The third-order valence-electron chi connectivity index (χ3n) is 6.60. The number of nitriles is 1. The zero-order chi connectivity index (χ0) is 21.1. The molecule has 1 aliphatic heterocycles. The van der Waals surface area contributed by atoms with Crippen LogP contribution in [0.4, 0.5) is 0 Å². The standard InChI is InChI=1S/C26H19N3O2/c27-13-6-14-29-19-12-4-3-10-17(19)21-23-22(25(30)28-26(23)31)18-11-5-8-15-7-1-2-9-16(15)20(18)24(21)29/h1-4,7,9-10,12H,5-6,8,11,14H2,(H,28,30,31). The molecule has 0 atom stereocenters. The number of benzene rings is 3. The van der Waals surface area contributed by atoms with Crippen molar-refractivity contribution in [3.8, 4) is 17.2 Å². The number of hydrogen-bond donors (Lipinski definition) is 1. The summed E-state index contributed by atoms with van der Waals surface area (Å²) >= 11 is 0. The number of rotatable bonds is 2. The van der Waals surface area contributed by atoms with Crippen molar-refractivity contribution in [3.05, 3.63) is 70.8 Å². The largest absolute Gasteiger partial charge is 0.339 e. The van der Waals surface area contributed by atoms with Gasteiger partial charge in [-0.1, -0.05) is 42.5 Å². The van der Waals surface area contributed by atoms with Crippen LogP contribution in [0.1, 0.15) is 44.7 Å². The summed E-state index contributed by atoms with van der Waals surface area (Å²) in [7, 11) is 0. The van der Waals surface area contributed by atoms with Crippen molar-refractivity contribution in [1.82, 2.24) is 9.88 Å². The molecule has 31 heavy (non-hydrogen) atoms. The Morgan fingerprint density at radius 1 is 0.935 bits per heavy atom. The molecule has 4 aromatic rings. The summed E-state index contributed by atoms with van der Waals surface area (Å²) in [6, 6.07) is 18.6. The quantitative estimate of drug-likeness (QED) is 0.489. The summed E-state index contributed by atoms with van der Waals surface area (Å²) in [6.07, 6.45) is 2.95. The van der Waals surface area contributed by atoms with Crippen LogP contribution >= 0.6 is 0 Å². The van der Waals surface area contributed by atoms with Gasteiger partial charge in [-0.3, -0.25) is 14.9 Å². The number of imide groups is 1. The molecule has 2 aliphatic rings. The lowest BCUT2D eigenvalue weighted by molar-refractivity contribution is 0.0880. The highest BCUT2D eigenvalue weighted by molar-refractivity contribution is 6.33. The molecule has 5 heteroatoms. The number of nitrogens with zero attached hydrogens (tertiary/aromatic N) is 2. The van der Waals surface area contributed by atoms with E-state index < -0.39 is 0 Å². The van der Waals surface area contributed by atoms with Crippen LogP contribution in [0, 0.1) is 11.3 Å². The SMILES string of the molecule is N#CCCn1c2ccccc2c2c3c(c4c(c21)-c1ccccc1CCC4)C(=O)NC3=O. The van der Waals surface area contributed by atoms with E-state index in [2.05, 4.69) is 34.2 Å². The number of para-hydroxylation sites is 1. The molecular weight excluding hydrogens is 386 g/mol. The summed E-state index contributed by atoms with van der Waals surface area (Å²) in [5, 5.41) is 13.6. The average molecular weight is 405 g/mol.